The van der Waals surface area contributed by atoms with Gasteiger partial charge in [-0.15, -0.1) is 11.8 Å². The Morgan fingerprint density at radius 2 is 1.97 bits per heavy atom. The second kappa shape index (κ2) is 9.14. The zero-order valence-electron chi connectivity index (χ0n) is 17.7. The van der Waals surface area contributed by atoms with E-state index < -0.39 is 0 Å². The van der Waals surface area contributed by atoms with Crippen LogP contribution in [-0.4, -0.2) is 30.1 Å². The van der Waals surface area contributed by atoms with Crippen molar-refractivity contribution in [3.8, 4) is 11.5 Å². The molecule has 1 aliphatic heterocycles. The smallest absolute Gasteiger partial charge is 0.255 e. The van der Waals surface area contributed by atoms with Crippen LogP contribution in [0.2, 0.25) is 0 Å². The molecule has 2 aromatic carbocycles. The number of aromatic nitrogens is 1. The van der Waals surface area contributed by atoms with Crippen LogP contribution in [0.3, 0.4) is 0 Å². The van der Waals surface area contributed by atoms with Crippen molar-refractivity contribution >= 4 is 22.7 Å². The number of nitrogens with one attached hydrogen (secondary N) is 1. The Labute approximate surface area is 181 Å². The summed E-state index contributed by atoms with van der Waals surface area (Å²) in [6, 6.07) is 16.0. The summed E-state index contributed by atoms with van der Waals surface area (Å²) in [5.74, 6) is 1.94. The molecule has 1 aliphatic rings. The Hall–Kier alpha value is -2.44. The van der Waals surface area contributed by atoms with E-state index in [9.17, 15) is 4.79 Å². The number of hydrogen-bond donors (Lipinski definition) is 1. The van der Waals surface area contributed by atoms with Gasteiger partial charge < -0.3 is 19.4 Å². The number of fused-ring (bicyclic) bond motifs is 2. The molecule has 0 amide bonds. The van der Waals surface area contributed by atoms with Crippen LogP contribution in [-0.2, 0) is 13.1 Å². The predicted octanol–water partition coefficient (Wildman–Crippen LogP) is 4.31. The second-order valence-corrected chi connectivity index (χ2v) is 8.91. The van der Waals surface area contributed by atoms with Crippen molar-refractivity contribution in [2.75, 3.05) is 19.4 Å². The van der Waals surface area contributed by atoms with E-state index in [4.69, 9.17) is 9.47 Å². The number of nitrogens with zero attached hydrogens (tertiary/aromatic N) is 1. The van der Waals surface area contributed by atoms with Gasteiger partial charge >= 0.3 is 0 Å². The zero-order chi connectivity index (χ0) is 21.1. The normalized spacial score (nSPS) is 15.7. The highest BCUT2D eigenvalue weighted by Gasteiger charge is 2.20. The Balaban J connectivity index is 1.51. The topological polar surface area (TPSA) is 52.5 Å². The van der Waals surface area contributed by atoms with Gasteiger partial charge in [0.05, 0.1) is 5.52 Å². The number of benzene rings is 2. The van der Waals surface area contributed by atoms with Crippen molar-refractivity contribution in [1.82, 2.24) is 9.88 Å². The average molecular weight is 425 g/mol. The molecule has 2 heterocycles. The summed E-state index contributed by atoms with van der Waals surface area (Å²) in [5.41, 5.74) is 1.86. The number of rotatable bonds is 7. The molecule has 0 saturated heterocycles. The summed E-state index contributed by atoms with van der Waals surface area (Å²) >= 11 is 1.69. The largest absolute Gasteiger partial charge is 0.486 e. The van der Waals surface area contributed by atoms with Crippen LogP contribution in [0.25, 0.3) is 10.9 Å². The fourth-order valence-electron chi connectivity index (χ4n) is 3.74. The first kappa shape index (κ1) is 20.8. The van der Waals surface area contributed by atoms with Crippen LogP contribution in [0, 0.1) is 5.92 Å². The average Bonchev–Trinajstić information content (AvgIpc) is 2.75. The minimum Gasteiger partial charge on any atom is -0.486 e. The monoisotopic (exact) mass is 424 g/mol. The van der Waals surface area contributed by atoms with Gasteiger partial charge in [0.25, 0.3) is 5.56 Å². The predicted molar refractivity (Wildman–Crippen MR) is 123 cm³/mol. The summed E-state index contributed by atoms with van der Waals surface area (Å²) in [6.07, 6.45) is 1.97. The minimum absolute atomic E-state index is 0.0770. The standard InChI is InChI=1S/C24H28N2O3S/c1-16(2)14-26-21-11-20(30-3)9-8-17(21)10-18(24(26)27)12-25-13-19-15-28-22-6-4-5-7-23(22)29-19/h4-11,16,19,25H,12-15H2,1-3H3. The van der Waals surface area contributed by atoms with E-state index in [0.29, 0.717) is 32.2 Å². The number of para-hydroxylation sites is 2. The Morgan fingerprint density at radius 1 is 1.17 bits per heavy atom. The number of hydrogen-bond acceptors (Lipinski definition) is 5. The van der Waals surface area contributed by atoms with Crippen LogP contribution < -0.4 is 20.3 Å². The first-order chi connectivity index (χ1) is 14.5. The number of pyridine rings is 1. The van der Waals surface area contributed by atoms with E-state index in [2.05, 4.69) is 43.6 Å². The van der Waals surface area contributed by atoms with E-state index in [1.165, 1.54) is 4.90 Å². The second-order valence-electron chi connectivity index (χ2n) is 8.03. The maximum absolute atomic E-state index is 13.2. The Morgan fingerprint density at radius 3 is 2.73 bits per heavy atom. The van der Waals surface area contributed by atoms with Crippen LogP contribution in [0.5, 0.6) is 11.5 Å². The van der Waals surface area contributed by atoms with E-state index >= 15 is 0 Å². The molecule has 0 spiro atoms. The van der Waals surface area contributed by atoms with Gasteiger partial charge in [0.2, 0.25) is 0 Å². The van der Waals surface area contributed by atoms with Crippen molar-refractivity contribution in [3.05, 3.63) is 64.4 Å². The highest BCUT2D eigenvalue weighted by Crippen LogP contribution is 2.30. The molecule has 1 atom stereocenters. The zero-order valence-corrected chi connectivity index (χ0v) is 18.5. The van der Waals surface area contributed by atoms with Crippen LogP contribution in [0.15, 0.2) is 58.2 Å². The molecular formula is C24H28N2O3S. The molecule has 1 N–H and O–H groups in total. The van der Waals surface area contributed by atoms with Gasteiger partial charge in [-0.1, -0.05) is 32.0 Å². The Kier molecular flexibility index (Phi) is 6.35. The maximum Gasteiger partial charge on any atom is 0.255 e. The molecule has 0 aliphatic carbocycles. The third-order valence-electron chi connectivity index (χ3n) is 5.18. The molecule has 6 heteroatoms. The summed E-state index contributed by atoms with van der Waals surface area (Å²) in [7, 11) is 0. The fourth-order valence-corrected chi connectivity index (χ4v) is 4.18. The van der Waals surface area contributed by atoms with Crippen molar-refractivity contribution in [2.45, 2.75) is 37.9 Å². The van der Waals surface area contributed by atoms with Crippen molar-refractivity contribution in [3.63, 3.8) is 0 Å². The van der Waals surface area contributed by atoms with E-state index in [-0.39, 0.29) is 11.7 Å². The third kappa shape index (κ3) is 4.50. The molecule has 4 rings (SSSR count). The number of thioether (sulfide) groups is 1. The number of ether oxygens (including phenoxy) is 2. The van der Waals surface area contributed by atoms with Gasteiger partial charge in [0.15, 0.2) is 11.5 Å². The van der Waals surface area contributed by atoms with Crippen molar-refractivity contribution < 1.29 is 9.47 Å². The molecule has 0 bridgehead atoms. The molecule has 30 heavy (non-hydrogen) atoms. The summed E-state index contributed by atoms with van der Waals surface area (Å²) in [6.45, 7) is 6.59. The molecule has 1 unspecified atom stereocenters. The van der Waals surface area contributed by atoms with Crippen LogP contribution in [0.4, 0.5) is 0 Å². The van der Waals surface area contributed by atoms with Gasteiger partial charge in [-0.25, -0.2) is 0 Å². The van der Waals surface area contributed by atoms with Gasteiger partial charge in [0.1, 0.15) is 12.7 Å². The lowest BCUT2D eigenvalue weighted by Gasteiger charge is -2.26. The molecule has 0 fully saturated rings. The maximum atomic E-state index is 13.2. The first-order valence-electron chi connectivity index (χ1n) is 10.3. The van der Waals surface area contributed by atoms with E-state index in [0.717, 1.165) is 28.0 Å². The molecule has 3 aromatic rings. The van der Waals surface area contributed by atoms with Crippen LogP contribution in [0.1, 0.15) is 19.4 Å². The van der Waals surface area contributed by atoms with Gasteiger partial charge in [-0.05, 0) is 47.9 Å². The molecule has 1 aromatic heterocycles. The lowest BCUT2D eigenvalue weighted by molar-refractivity contribution is 0.0902. The molecule has 0 radical (unpaired) electrons. The molecule has 5 nitrogen and oxygen atoms in total. The lowest BCUT2D eigenvalue weighted by Crippen LogP contribution is -2.39. The van der Waals surface area contributed by atoms with Crippen molar-refractivity contribution in [1.29, 1.82) is 0 Å². The molecule has 158 valence electrons. The summed E-state index contributed by atoms with van der Waals surface area (Å²) in [5, 5.41) is 4.48. The minimum atomic E-state index is -0.0811. The summed E-state index contributed by atoms with van der Waals surface area (Å²) in [4.78, 5) is 14.4. The van der Waals surface area contributed by atoms with Gasteiger partial charge in [-0.2, -0.15) is 0 Å². The fraction of sp³-hybridized carbons (Fsp3) is 0.375. The molecular weight excluding hydrogens is 396 g/mol. The third-order valence-corrected chi connectivity index (χ3v) is 5.91. The van der Waals surface area contributed by atoms with Crippen LogP contribution >= 0.6 is 11.8 Å². The first-order valence-corrected chi connectivity index (χ1v) is 11.6. The van der Waals surface area contributed by atoms with E-state index in [1.807, 2.05) is 34.9 Å². The van der Waals surface area contributed by atoms with Gasteiger partial charge in [-0.3, -0.25) is 4.79 Å². The van der Waals surface area contributed by atoms with Crippen molar-refractivity contribution in [2.24, 2.45) is 5.92 Å². The molecule has 0 saturated carbocycles. The highest BCUT2D eigenvalue weighted by atomic mass is 32.2. The van der Waals surface area contributed by atoms with Gasteiger partial charge in [0, 0.05) is 30.1 Å². The van der Waals surface area contributed by atoms with E-state index in [1.54, 1.807) is 11.8 Å². The lowest BCUT2D eigenvalue weighted by atomic mass is 10.1. The summed E-state index contributed by atoms with van der Waals surface area (Å²) < 4.78 is 13.7. The SMILES string of the molecule is CSc1ccc2cc(CNCC3COc4ccccc4O3)c(=O)n(CC(C)C)c2c1. The quantitative estimate of drug-likeness (QED) is 0.573. The Bertz CT molecular complexity index is 1090. The highest BCUT2D eigenvalue weighted by molar-refractivity contribution is 7.98.